The van der Waals surface area contributed by atoms with Crippen molar-refractivity contribution in [3.8, 4) is 0 Å². The van der Waals surface area contributed by atoms with Gasteiger partial charge >= 0.3 is 5.97 Å². The van der Waals surface area contributed by atoms with Gasteiger partial charge in [0.1, 0.15) is 0 Å². The molecule has 6 nitrogen and oxygen atoms in total. The average Bonchev–Trinajstić information content (AvgIpc) is 2.51. The van der Waals surface area contributed by atoms with E-state index in [0.717, 1.165) is 12.8 Å². The molecule has 0 aliphatic rings. The number of ether oxygens (including phenoxy) is 1. The van der Waals surface area contributed by atoms with Crippen LogP contribution in [0.1, 0.15) is 39.5 Å². The minimum Gasteiger partial charge on any atom is -0.453 e. The first-order valence-corrected chi connectivity index (χ1v) is 7.79. The van der Waals surface area contributed by atoms with Crippen LogP contribution in [-0.4, -0.2) is 30.4 Å². The highest BCUT2D eigenvalue weighted by Crippen LogP contribution is 2.08. The maximum atomic E-state index is 11.9. The molecule has 0 aromatic heterocycles. The molecule has 0 fully saturated rings. The zero-order valence-corrected chi connectivity index (χ0v) is 13.6. The van der Waals surface area contributed by atoms with Gasteiger partial charge in [0.2, 0.25) is 5.91 Å². The molecular weight excluding hydrogens is 296 g/mol. The van der Waals surface area contributed by atoms with Crippen LogP contribution in [0.5, 0.6) is 0 Å². The van der Waals surface area contributed by atoms with Gasteiger partial charge in [-0.05, 0) is 31.9 Å². The highest BCUT2D eigenvalue weighted by Gasteiger charge is 2.17. The largest absolute Gasteiger partial charge is 0.453 e. The first-order chi connectivity index (χ1) is 11.0. The summed E-state index contributed by atoms with van der Waals surface area (Å²) >= 11 is 0. The fraction of sp³-hybridized carbons (Fsp3) is 0.471. The molecule has 0 aliphatic heterocycles. The third kappa shape index (κ3) is 8.60. The first kappa shape index (κ1) is 18.7. The molecule has 126 valence electrons. The summed E-state index contributed by atoms with van der Waals surface area (Å²) in [6.45, 7) is 3.63. The summed E-state index contributed by atoms with van der Waals surface area (Å²) in [6.07, 6.45) is 1.74. The molecule has 0 bridgehead atoms. The van der Waals surface area contributed by atoms with Crippen LogP contribution in [0.15, 0.2) is 30.3 Å². The molecular formula is C17H24N2O4. The van der Waals surface area contributed by atoms with Gasteiger partial charge in [-0.3, -0.25) is 14.4 Å². The standard InChI is InChI=1S/C17H24N2O4/c1-13(17(22)19-15-9-5-3-6-10-15)23-16(21)11-7-4-8-12-18-14(2)20/h3,5-6,9-10,13H,4,7-8,11-12H2,1-2H3,(H,18,20)(H,19,22). The maximum absolute atomic E-state index is 11.9. The highest BCUT2D eigenvalue weighted by atomic mass is 16.5. The molecule has 2 amide bonds. The van der Waals surface area contributed by atoms with Crippen molar-refractivity contribution in [2.24, 2.45) is 0 Å². The van der Waals surface area contributed by atoms with Crippen molar-refractivity contribution in [3.63, 3.8) is 0 Å². The van der Waals surface area contributed by atoms with Crippen LogP contribution in [0, 0.1) is 0 Å². The summed E-state index contributed by atoms with van der Waals surface area (Å²) in [5.41, 5.74) is 0.665. The van der Waals surface area contributed by atoms with E-state index >= 15 is 0 Å². The van der Waals surface area contributed by atoms with Crippen LogP contribution in [0.3, 0.4) is 0 Å². The lowest BCUT2D eigenvalue weighted by molar-refractivity contribution is -0.153. The lowest BCUT2D eigenvalue weighted by Gasteiger charge is -2.13. The van der Waals surface area contributed by atoms with Gasteiger partial charge in [-0.25, -0.2) is 0 Å². The molecule has 2 N–H and O–H groups in total. The van der Waals surface area contributed by atoms with E-state index in [0.29, 0.717) is 18.7 Å². The fourth-order valence-corrected chi connectivity index (χ4v) is 1.91. The number of hydrogen-bond donors (Lipinski definition) is 2. The Morgan fingerprint density at radius 2 is 1.78 bits per heavy atom. The van der Waals surface area contributed by atoms with Crippen molar-refractivity contribution in [1.29, 1.82) is 0 Å². The SMILES string of the molecule is CC(=O)NCCCCCC(=O)OC(C)C(=O)Nc1ccccc1. The summed E-state index contributed by atoms with van der Waals surface area (Å²) in [6, 6.07) is 9.01. The third-order valence-corrected chi connectivity index (χ3v) is 3.15. The van der Waals surface area contributed by atoms with Gasteiger partial charge in [0.05, 0.1) is 0 Å². The summed E-state index contributed by atoms with van der Waals surface area (Å²) < 4.78 is 5.11. The van der Waals surface area contributed by atoms with Gasteiger partial charge in [0.15, 0.2) is 6.10 Å². The summed E-state index contributed by atoms with van der Waals surface area (Å²) in [5, 5.41) is 5.38. The Balaban J connectivity index is 2.17. The van der Waals surface area contributed by atoms with Crippen LogP contribution in [0.2, 0.25) is 0 Å². The number of rotatable bonds is 9. The van der Waals surface area contributed by atoms with Crippen LogP contribution in [-0.2, 0) is 19.1 Å². The minimum absolute atomic E-state index is 0.0531. The molecule has 0 heterocycles. The molecule has 0 radical (unpaired) electrons. The molecule has 1 aromatic rings. The molecule has 1 rings (SSSR count). The van der Waals surface area contributed by atoms with Gasteiger partial charge in [-0.1, -0.05) is 24.6 Å². The maximum Gasteiger partial charge on any atom is 0.306 e. The fourth-order valence-electron chi connectivity index (χ4n) is 1.91. The van der Waals surface area contributed by atoms with E-state index in [1.54, 1.807) is 19.1 Å². The average molecular weight is 320 g/mol. The smallest absolute Gasteiger partial charge is 0.306 e. The quantitative estimate of drug-likeness (QED) is 0.540. The van der Waals surface area contributed by atoms with Gasteiger partial charge in [-0.2, -0.15) is 0 Å². The van der Waals surface area contributed by atoms with Crippen molar-refractivity contribution >= 4 is 23.5 Å². The van der Waals surface area contributed by atoms with E-state index in [2.05, 4.69) is 10.6 Å². The zero-order chi connectivity index (χ0) is 17.1. The second-order valence-electron chi connectivity index (χ2n) is 5.28. The van der Waals surface area contributed by atoms with Crippen molar-refractivity contribution in [2.75, 3.05) is 11.9 Å². The topological polar surface area (TPSA) is 84.5 Å². The van der Waals surface area contributed by atoms with E-state index in [4.69, 9.17) is 4.74 Å². The van der Waals surface area contributed by atoms with E-state index in [1.165, 1.54) is 6.92 Å². The van der Waals surface area contributed by atoms with Crippen molar-refractivity contribution < 1.29 is 19.1 Å². The monoisotopic (exact) mass is 320 g/mol. The van der Waals surface area contributed by atoms with Gasteiger partial charge in [0.25, 0.3) is 5.91 Å². The van der Waals surface area contributed by atoms with Crippen molar-refractivity contribution in [2.45, 2.75) is 45.6 Å². The van der Waals surface area contributed by atoms with Gasteiger partial charge in [-0.15, -0.1) is 0 Å². The molecule has 1 atom stereocenters. The lowest BCUT2D eigenvalue weighted by Crippen LogP contribution is -2.29. The number of para-hydroxylation sites is 1. The Labute approximate surface area is 136 Å². The highest BCUT2D eigenvalue weighted by molar-refractivity contribution is 5.95. The third-order valence-electron chi connectivity index (χ3n) is 3.15. The predicted molar refractivity (Wildman–Crippen MR) is 87.8 cm³/mol. The van der Waals surface area contributed by atoms with E-state index in [9.17, 15) is 14.4 Å². The number of amides is 2. The van der Waals surface area contributed by atoms with E-state index in [1.807, 2.05) is 18.2 Å². The molecule has 23 heavy (non-hydrogen) atoms. The van der Waals surface area contributed by atoms with Crippen LogP contribution < -0.4 is 10.6 Å². The Hall–Kier alpha value is -2.37. The molecule has 0 aliphatic carbocycles. The first-order valence-electron chi connectivity index (χ1n) is 7.79. The second kappa shape index (κ2) is 10.4. The molecule has 0 saturated heterocycles. The van der Waals surface area contributed by atoms with Crippen molar-refractivity contribution in [3.05, 3.63) is 30.3 Å². The number of carbonyl (C=O) groups excluding carboxylic acids is 3. The molecule has 0 spiro atoms. The molecule has 1 unspecified atom stereocenters. The summed E-state index contributed by atoms with van der Waals surface area (Å²) in [5.74, 6) is -0.793. The number of benzene rings is 1. The second-order valence-corrected chi connectivity index (χ2v) is 5.28. The molecule has 1 aromatic carbocycles. The van der Waals surface area contributed by atoms with E-state index < -0.39 is 6.10 Å². The molecule has 6 heteroatoms. The Kier molecular flexibility index (Phi) is 8.42. The summed E-state index contributed by atoms with van der Waals surface area (Å²) in [7, 11) is 0. The number of hydrogen-bond acceptors (Lipinski definition) is 4. The number of anilines is 1. The normalized spacial score (nSPS) is 11.4. The lowest BCUT2D eigenvalue weighted by atomic mass is 10.2. The summed E-state index contributed by atoms with van der Waals surface area (Å²) in [4.78, 5) is 34.3. The minimum atomic E-state index is -0.831. The number of nitrogens with one attached hydrogen (secondary N) is 2. The number of carbonyl (C=O) groups is 3. The Bertz CT molecular complexity index is 517. The Morgan fingerprint density at radius 3 is 2.43 bits per heavy atom. The number of unbranched alkanes of at least 4 members (excludes halogenated alkanes) is 2. The number of esters is 1. The van der Waals surface area contributed by atoms with Crippen molar-refractivity contribution in [1.82, 2.24) is 5.32 Å². The van der Waals surface area contributed by atoms with E-state index in [-0.39, 0.29) is 24.2 Å². The predicted octanol–water partition coefficient (Wildman–Crippen LogP) is 2.25. The Morgan fingerprint density at radius 1 is 1.09 bits per heavy atom. The van der Waals surface area contributed by atoms with Crippen LogP contribution in [0.4, 0.5) is 5.69 Å². The van der Waals surface area contributed by atoms with Gasteiger partial charge < -0.3 is 15.4 Å². The zero-order valence-electron chi connectivity index (χ0n) is 13.6. The van der Waals surface area contributed by atoms with Crippen LogP contribution >= 0.6 is 0 Å². The van der Waals surface area contributed by atoms with Crippen LogP contribution in [0.25, 0.3) is 0 Å². The van der Waals surface area contributed by atoms with Gasteiger partial charge in [0, 0.05) is 25.6 Å². The molecule has 0 saturated carbocycles.